The third-order valence-corrected chi connectivity index (χ3v) is 5.44. The van der Waals surface area contributed by atoms with Crippen LogP contribution in [-0.4, -0.2) is 59.9 Å². The second-order valence-electron chi connectivity index (χ2n) is 7.54. The third-order valence-electron chi connectivity index (χ3n) is 5.44. The van der Waals surface area contributed by atoms with Crippen LogP contribution in [0.3, 0.4) is 0 Å². The first-order chi connectivity index (χ1) is 12.0. The molecule has 0 aliphatic carbocycles. The Morgan fingerprint density at radius 1 is 1.28 bits per heavy atom. The summed E-state index contributed by atoms with van der Waals surface area (Å²) in [5, 5.41) is 7.17. The standard InChI is InChI=1S/C18H29N5O2/c1-14-3-6-22(7-4-14)13-17(24)19-10-15-5-8-23(12-15)16-9-18(25)21(2)20-11-16/h9,11,14-15H,3-8,10,12-13H2,1-2H3,(H,19,24)/t15-/m0/s1. The summed E-state index contributed by atoms with van der Waals surface area (Å²) < 4.78 is 1.33. The molecule has 0 radical (unpaired) electrons. The number of aryl methyl sites for hydroxylation is 1. The van der Waals surface area contributed by atoms with Crippen molar-refractivity contribution in [2.24, 2.45) is 18.9 Å². The maximum atomic E-state index is 12.2. The van der Waals surface area contributed by atoms with Gasteiger partial charge in [0.25, 0.3) is 5.56 Å². The molecular weight excluding hydrogens is 318 g/mol. The number of amides is 1. The summed E-state index contributed by atoms with van der Waals surface area (Å²) >= 11 is 0. The molecule has 138 valence electrons. The molecule has 2 saturated heterocycles. The van der Waals surface area contributed by atoms with Gasteiger partial charge in [0.1, 0.15) is 0 Å². The van der Waals surface area contributed by atoms with Gasteiger partial charge in [0.15, 0.2) is 0 Å². The van der Waals surface area contributed by atoms with E-state index in [1.165, 1.54) is 17.5 Å². The smallest absolute Gasteiger partial charge is 0.268 e. The maximum absolute atomic E-state index is 12.2. The highest BCUT2D eigenvalue weighted by Crippen LogP contribution is 2.21. The number of hydrogen-bond donors (Lipinski definition) is 1. The van der Waals surface area contributed by atoms with Crippen LogP contribution in [0.2, 0.25) is 0 Å². The number of nitrogens with zero attached hydrogens (tertiary/aromatic N) is 4. The zero-order valence-corrected chi connectivity index (χ0v) is 15.3. The van der Waals surface area contributed by atoms with Crippen LogP contribution in [0, 0.1) is 11.8 Å². The molecule has 7 heteroatoms. The van der Waals surface area contributed by atoms with Gasteiger partial charge >= 0.3 is 0 Å². The van der Waals surface area contributed by atoms with Gasteiger partial charge in [0, 0.05) is 32.7 Å². The van der Waals surface area contributed by atoms with Crippen molar-refractivity contribution in [3.8, 4) is 0 Å². The average Bonchev–Trinajstić information content (AvgIpc) is 3.07. The molecule has 0 spiro atoms. The molecule has 2 aliphatic rings. The van der Waals surface area contributed by atoms with E-state index >= 15 is 0 Å². The summed E-state index contributed by atoms with van der Waals surface area (Å²) in [5.41, 5.74) is 0.782. The largest absolute Gasteiger partial charge is 0.370 e. The van der Waals surface area contributed by atoms with Gasteiger partial charge < -0.3 is 10.2 Å². The fraction of sp³-hybridized carbons (Fsp3) is 0.722. The lowest BCUT2D eigenvalue weighted by atomic mass is 9.99. The van der Waals surface area contributed by atoms with Crippen LogP contribution in [0.5, 0.6) is 0 Å². The average molecular weight is 347 g/mol. The summed E-state index contributed by atoms with van der Waals surface area (Å²) in [7, 11) is 1.65. The molecule has 0 unspecified atom stereocenters. The monoisotopic (exact) mass is 347 g/mol. The Morgan fingerprint density at radius 3 is 2.76 bits per heavy atom. The molecule has 25 heavy (non-hydrogen) atoms. The van der Waals surface area contributed by atoms with Crippen molar-refractivity contribution in [2.75, 3.05) is 44.2 Å². The zero-order chi connectivity index (χ0) is 17.8. The number of piperidine rings is 1. The number of rotatable bonds is 5. The Bertz CT molecular complexity index is 651. The highest BCUT2D eigenvalue weighted by molar-refractivity contribution is 5.78. The Labute approximate surface area is 149 Å². The van der Waals surface area contributed by atoms with Gasteiger partial charge in [0.05, 0.1) is 18.4 Å². The number of aromatic nitrogens is 2. The van der Waals surface area contributed by atoms with E-state index in [2.05, 4.69) is 27.1 Å². The van der Waals surface area contributed by atoms with Crippen molar-refractivity contribution in [1.82, 2.24) is 20.0 Å². The zero-order valence-electron chi connectivity index (χ0n) is 15.3. The van der Waals surface area contributed by atoms with Crippen molar-refractivity contribution >= 4 is 11.6 Å². The van der Waals surface area contributed by atoms with Crippen LogP contribution in [-0.2, 0) is 11.8 Å². The highest BCUT2D eigenvalue weighted by atomic mass is 16.2. The summed E-state index contributed by atoms with van der Waals surface area (Å²) in [6, 6.07) is 1.63. The lowest BCUT2D eigenvalue weighted by Gasteiger charge is -2.29. The Kier molecular flexibility index (Phi) is 5.73. The first kappa shape index (κ1) is 17.9. The van der Waals surface area contributed by atoms with Crippen LogP contribution in [0.1, 0.15) is 26.2 Å². The Balaban J connectivity index is 1.41. The van der Waals surface area contributed by atoms with Crippen LogP contribution in [0.15, 0.2) is 17.1 Å². The van der Waals surface area contributed by atoms with E-state index in [0.29, 0.717) is 19.0 Å². The van der Waals surface area contributed by atoms with Crippen LogP contribution in [0.4, 0.5) is 5.69 Å². The number of hydrogen-bond acceptors (Lipinski definition) is 5. The van der Waals surface area contributed by atoms with Crippen molar-refractivity contribution in [2.45, 2.75) is 26.2 Å². The predicted molar refractivity (Wildman–Crippen MR) is 97.6 cm³/mol. The molecule has 2 fully saturated rings. The predicted octanol–water partition coefficient (Wildman–Crippen LogP) is 0.455. The fourth-order valence-electron chi connectivity index (χ4n) is 3.60. The van der Waals surface area contributed by atoms with Gasteiger partial charge in [-0.3, -0.25) is 14.5 Å². The molecular formula is C18H29N5O2. The maximum Gasteiger partial charge on any atom is 0.268 e. The lowest BCUT2D eigenvalue weighted by molar-refractivity contribution is -0.122. The molecule has 7 nitrogen and oxygen atoms in total. The molecule has 1 amide bonds. The van der Waals surface area contributed by atoms with Gasteiger partial charge in [0.2, 0.25) is 5.91 Å². The van der Waals surface area contributed by atoms with E-state index < -0.39 is 0 Å². The van der Waals surface area contributed by atoms with Crippen molar-refractivity contribution in [1.29, 1.82) is 0 Å². The first-order valence-electron chi connectivity index (χ1n) is 9.28. The number of nitrogens with one attached hydrogen (secondary N) is 1. The van der Waals surface area contributed by atoms with Crippen LogP contribution in [0.25, 0.3) is 0 Å². The summed E-state index contributed by atoms with van der Waals surface area (Å²) in [5.74, 6) is 1.34. The molecule has 1 N–H and O–H groups in total. The molecule has 2 aliphatic heterocycles. The minimum Gasteiger partial charge on any atom is -0.370 e. The molecule has 1 aromatic heterocycles. The SMILES string of the molecule is CC1CCN(CC(=O)NC[C@@H]2CCN(c3cnn(C)c(=O)c3)C2)CC1. The van der Waals surface area contributed by atoms with Gasteiger partial charge in [-0.25, -0.2) is 4.68 Å². The van der Waals surface area contributed by atoms with Crippen molar-refractivity contribution in [3.05, 3.63) is 22.6 Å². The number of likely N-dealkylation sites (tertiary alicyclic amines) is 1. The normalized spacial score (nSPS) is 22.3. The Hall–Kier alpha value is -1.89. The molecule has 0 saturated carbocycles. The van der Waals surface area contributed by atoms with Gasteiger partial charge in [-0.1, -0.05) is 6.92 Å². The number of anilines is 1. The topological polar surface area (TPSA) is 70.5 Å². The molecule has 0 aromatic carbocycles. The molecule has 3 heterocycles. The van der Waals surface area contributed by atoms with E-state index in [1.807, 2.05) is 0 Å². The van der Waals surface area contributed by atoms with E-state index in [-0.39, 0.29) is 11.5 Å². The van der Waals surface area contributed by atoms with E-state index in [1.54, 1.807) is 19.3 Å². The lowest BCUT2D eigenvalue weighted by Crippen LogP contribution is -2.42. The Morgan fingerprint density at radius 2 is 2.04 bits per heavy atom. The van der Waals surface area contributed by atoms with Crippen molar-refractivity contribution in [3.63, 3.8) is 0 Å². The number of carbonyl (C=O) groups excluding carboxylic acids is 1. The quantitative estimate of drug-likeness (QED) is 0.838. The number of carbonyl (C=O) groups is 1. The van der Waals surface area contributed by atoms with E-state index in [0.717, 1.165) is 44.2 Å². The third kappa shape index (κ3) is 4.81. The van der Waals surface area contributed by atoms with Crippen LogP contribution < -0.4 is 15.8 Å². The van der Waals surface area contributed by atoms with Gasteiger partial charge in [-0.15, -0.1) is 0 Å². The molecule has 1 atom stereocenters. The second kappa shape index (κ2) is 7.99. The summed E-state index contributed by atoms with van der Waals surface area (Å²) in [4.78, 5) is 28.3. The van der Waals surface area contributed by atoms with E-state index in [4.69, 9.17) is 0 Å². The highest BCUT2D eigenvalue weighted by Gasteiger charge is 2.24. The van der Waals surface area contributed by atoms with Gasteiger partial charge in [-0.05, 0) is 44.2 Å². The molecule has 1 aromatic rings. The summed E-state index contributed by atoms with van der Waals surface area (Å²) in [6.45, 7) is 7.32. The molecule has 0 bridgehead atoms. The van der Waals surface area contributed by atoms with Gasteiger partial charge in [-0.2, -0.15) is 5.10 Å². The fourth-order valence-corrected chi connectivity index (χ4v) is 3.60. The summed E-state index contributed by atoms with van der Waals surface area (Å²) in [6.07, 6.45) is 5.14. The van der Waals surface area contributed by atoms with Crippen LogP contribution >= 0.6 is 0 Å². The van der Waals surface area contributed by atoms with E-state index in [9.17, 15) is 9.59 Å². The minimum atomic E-state index is -0.0925. The minimum absolute atomic E-state index is 0.0925. The second-order valence-corrected chi connectivity index (χ2v) is 7.54. The first-order valence-corrected chi connectivity index (χ1v) is 9.28. The molecule has 3 rings (SSSR count). The van der Waals surface area contributed by atoms with Crippen molar-refractivity contribution < 1.29 is 4.79 Å².